The number of hydrogen-bond acceptors (Lipinski definition) is 8. The molecule has 2 aromatic carbocycles. The van der Waals surface area contributed by atoms with E-state index in [1.54, 1.807) is 25.6 Å². The number of ether oxygens (including phenoxy) is 2. The Balaban J connectivity index is 1.39. The Morgan fingerprint density at radius 3 is 2.61 bits per heavy atom. The molecule has 4 rings (SSSR count). The highest BCUT2D eigenvalue weighted by atomic mass is 16.6. The third-order valence-corrected chi connectivity index (χ3v) is 4.57. The molecule has 0 aliphatic carbocycles. The number of methoxy groups -OCH3 is 1. The minimum absolute atomic E-state index is 0.485. The summed E-state index contributed by atoms with van der Waals surface area (Å²) >= 11 is 0. The third kappa shape index (κ3) is 5.08. The number of benzene rings is 2. The quantitative estimate of drug-likeness (QED) is 0.629. The fourth-order valence-electron chi connectivity index (χ4n) is 3.08. The predicted octanol–water partition coefficient (Wildman–Crippen LogP) is 3.74. The lowest BCUT2D eigenvalue weighted by Crippen LogP contribution is -2.26. The molecule has 1 atom stereocenters. The van der Waals surface area contributed by atoms with Crippen LogP contribution in [0.25, 0.3) is 11.3 Å². The highest BCUT2D eigenvalue weighted by Gasteiger charge is 2.18. The lowest BCUT2D eigenvalue weighted by Gasteiger charge is -2.13. The van der Waals surface area contributed by atoms with Crippen molar-refractivity contribution in [3.05, 3.63) is 60.9 Å². The van der Waals surface area contributed by atoms with E-state index in [2.05, 4.69) is 25.6 Å². The number of nitrogens with one attached hydrogen (secondary N) is 2. The van der Waals surface area contributed by atoms with Crippen LogP contribution in [0.15, 0.2) is 65.9 Å². The number of amides is 1. The lowest BCUT2D eigenvalue weighted by atomic mass is 10.1. The van der Waals surface area contributed by atoms with Crippen LogP contribution in [0.2, 0.25) is 0 Å². The first-order valence-corrected chi connectivity index (χ1v) is 9.64. The normalized spacial score (nSPS) is 14.9. The molecule has 0 spiro atoms. The number of carbonyl (C=O) groups excluding carboxylic acids is 1. The minimum atomic E-state index is -0.546. The van der Waals surface area contributed by atoms with Crippen molar-refractivity contribution in [2.75, 3.05) is 31.3 Å². The molecule has 31 heavy (non-hydrogen) atoms. The largest absolute Gasteiger partial charge is 0.496 e. The van der Waals surface area contributed by atoms with Gasteiger partial charge in [-0.3, -0.25) is 5.32 Å². The smallest absolute Gasteiger partial charge is 0.413 e. The first-order valence-electron chi connectivity index (χ1n) is 9.64. The highest BCUT2D eigenvalue weighted by Crippen LogP contribution is 2.29. The van der Waals surface area contributed by atoms with E-state index in [4.69, 9.17) is 9.47 Å². The molecule has 0 saturated carbocycles. The van der Waals surface area contributed by atoms with Crippen molar-refractivity contribution in [2.24, 2.45) is 4.99 Å². The standard InChI is InChI=1S/C22H22N6O3/c1-28-12-21(25-14-28)31-22(29)27-16-9-7-15(8-10-16)26-20-11-18(23-13-24-20)17-5-3-4-6-19(17)30-2/h3-11,13-14,21H,12H2,1-2H3,(H,27,29)(H,23,24,26). The molecule has 0 radical (unpaired) electrons. The summed E-state index contributed by atoms with van der Waals surface area (Å²) < 4.78 is 10.7. The van der Waals surface area contributed by atoms with Crippen molar-refractivity contribution in [1.82, 2.24) is 14.9 Å². The van der Waals surface area contributed by atoms with Crippen LogP contribution in [0.3, 0.4) is 0 Å². The Hall–Kier alpha value is -4.14. The number of para-hydroxylation sites is 1. The number of aliphatic imine (C=N–C) groups is 1. The summed E-state index contributed by atoms with van der Waals surface area (Å²) in [6.45, 7) is 0.548. The van der Waals surface area contributed by atoms with Gasteiger partial charge in [-0.05, 0) is 36.4 Å². The van der Waals surface area contributed by atoms with E-state index in [1.165, 1.54) is 6.33 Å². The average Bonchev–Trinajstić information content (AvgIpc) is 3.19. The Labute approximate surface area is 179 Å². The number of hydrogen-bond donors (Lipinski definition) is 2. The maximum absolute atomic E-state index is 12.0. The first kappa shape index (κ1) is 20.1. The van der Waals surface area contributed by atoms with Crippen LogP contribution in [0.4, 0.5) is 22.0 Å². The van der Waals surface area contributed by atoms with E-state index in [0.717, 1.165) is 22.7 Å². The molecular formula is C22H22N6O3. The molecule has 1 aliphatic rings. The van der Waals surface area contributed by atoms with Gasteiger partial charge < -0.3 is 19.7 Å². The van der Waals surface area contributed by atoms with Gasteiger partial charge in [0.2, 0.25) is 6.23 Å². The predicted molar refractivity (Wildman–Crippen MR) is 119 cm³/mol. The number of anilines is 3. The summed E-state index contributed by atoms with van der Waals surface area (Å²) in [6, 6.07) is 16.7. The molecule has 0 fully saturated rings. The molecule has 1 unspecified atom stereocenters. The van der Waals surface area contributed by atoms with Crippen molar-refractivity contribution in [1.29, 1.82) is 0 Å². The second-order valence-electron chi connectivity index (χ2n) is 6.88. The van der Waals surface area contributed by atoms with Gasteiger partial charge in [0.25, 0.3) is 0 Å². The number of nitrogens with zero attached hydrogens (tertiary/aromatic N) is 4. The van der Waals surface area contributed by atoms with Gasteiger partial charge in [-0.25, -0.2) is 19.8 Å². The van der Waals surface area contributed by atoms with E-state index < -0.39 is 12.3 Å². The topological polar surface area (TPSA) is 101 Å². The zero-order valence-corrected chi connectivity index (χ0v) is 17.1. The van der Waals surface area contributed by atoms with E-state index in [-0.39, 0.29) is 0 Å². The van der Waals surface area contributed by atoms with Crippen molar-refractivity contribution >= 4 is 29.6 Å². The van der Waals surface area contributed by atoms with Gasteiger partial charge >= 0.3 is 6.09 Å². The molecule has 1 amide bonds. The van der Waals surface area contributed by atoms with Gasteiger partial charge in [0, 0.05) is 30.1 Å². The summed E-state index contributed by atoms with van der Waals surface area (Å²) in [4.78, 5) is 26.6. The van der Waals surface area contributed by atoms with Crippen LogP contribution in [-0.4, -0.2) is 54.2 Å². The van der Waals surface area contributed by atoms with Crippen LogP contribution in [0, 0.1) is 0 Å². The number of rotatable bonds is 6. The minimum Gasteiger partial charge on any atom is -0.496 e. The van der Waals surface area contributed by atoms with Gasteiger partial charge in [0.05, 0.1) is 25.7 Å². The van der Waals surface area contributed by atoms with Gasteiger partial charge in [-0.1, -0.05) is 12.1 Å². The molecule has 9 heteroatoms. The molecule has 158 valence electrons. The van der Waals surface area contributed by atoms with Crippen molar-refractivity contribution < 1.29 is 14.3 Å². The zero-order valence-electron chi connectivity index (χ0n) is 17.1. The Bertz CT molecular complexity index is 1090. The van der Waals surface area contributed by atoms with Crippen LogP contribution in [0.5, 0.6) is 5.75 Å². The lowest BCUT2D eigenvalue weighted by molar-refractivity contribution is 0.113. The van der Waals surface area contributed by atoms with Crippen molar-refractivity contribution in [3.63, 3.8) is 0 Å². The van der Waals surface area contributed by atoms with Crippen LogP contribution < -0.4 is 15.4 Å². The van der Waals surface area contributed by atoms with Crippen molar-refractivity contribution in [2.45, 2.75) is 6.23 Å². The maximum atomic E-state index is 12.0. The van der Waals surface area contributed by atoms with Gasteiger partial charge in [-0.15, -0.1) is 0 Å². The van der Waals surface area contributed by atoms with Crippen molar-refractivity contribution in [3.8, 4) is 17.0 Å². The molecule has 2 N–H and O–H groups in total. The highest BCUT2D eigenvalue weighted by molar-refractivity contribution is 5.85. The summed E-state index contributed by atoms with van der Waals surface area (Å²) in [5.41, 5.74) is 3.05. The molecule has 0 bridgehead atoms. The summed E-state index contributed by atoms with van der Waals surface area (Å²) in [5.74, 6) is 1.38. The maximum Gasteiger partial charge on any atom is 0.413 e. The molecule has 2 heterocycles. The summed E-state index contributed by atoms with van der Waals surface area (Å²) in [5, 5.41) is 5.93. The Kier molecular flexibility index (Phi) is 5.93. The molecule has 3 aromatic rings. The van der Waals surface area contributed by atoms with Gasteiger partial charge in [0.15, 0.2) is 0 Å². The SMILES string of the molecule is COc1ccccc1-c1cc(Nc2ccc(NC(=O)OC3CN(C)C=N3)cc2)ncn1. The fraction of sp³-hybridized carbons (Fsp3) is 0.182. The molecular weight excluding hydrogens is 396 g/mol. The number of aromatic nitrogens is 2. The van der Waals surface area contributed by atoms with Crippen LogP contribution >= 0.6 is 0 Å². The summed E-state index contributed by atoms with van der Waals surface area (Å²) in [6.07, 6.45) is 2.11. The molecule has 1 aromatic heterocycles. The first-order chi connectivity index (χ1) is 15.1. The van der Waals surface area contributed by atoms with E-state index in [9.17, 15) is 4.79 Å². The van der Waals surface area contributed by atoms with Gasteiger partial charge in [0.1, 0.15) is 17.9 Å². The second kappa shape index (κ2) is 9.12. The Morgan fingerprint density at radius 2 is 1.87 bits per heavy atom. The van der Waals surface area contributed by atoms with E-state index >= 15 is 0 Å². The monoisotopic (exact) mass is 418 g/mol. The average molecular weight is 418 g/mol. The number of carbonyl (C=O) groups is 1. The number of likely N-dealkylation sites (N-methyl/N-ethyl adjacent to an activating group) is 1. The second-order valence-corrected chi connectivity index (χ2v) is 6.88. The molecule has 1 aliphatic heterocycles. The third-order valence-electron chi connectivity index (χ3n) is 4.57. The van der Waals surface area contributed by atoms with Gasteiger partial charge in [-0.2, -0.15) is 0 Å². The van der Waals surface area contributed by atoms with Crippen LogP contribution in [0.1, 0.15) is 0 Å². The van der Waals surface area contributed by atoms with Crippen LogP contribution in [-0.2, 0) is 4.74 Å². The van der Waals surface area contributed by atoms with E-state index in [0.29, 0.717) is 18.1 Å². The zero-order chi connectivity index (χ0) is 21.6. The van der Waals surface area contributed by atoms with E-state index in [1.807, 2.05) is 54.4 Å². The molecule has 9 nitrogen and oxygen atoms in total. The fourth-order valence-corrected chi connectivity index (χ4v) is 3.08. The molecule has 0 saturated heterocycles. The summed E-state index contributed by atoms with van der Waals surface area (Å²) in [7, 11) is 3.50. The Morgan fingerprint density at radius 1 is 1.10 bits per heavy atom.